The Balaban J connectivity index is 2.19. The molecule has 1 aliphatic rings. The van der Waals surface area contributed by atoms with Crippen LogP contribution in [0.3, 0.4) is 0 Å². The number of hydrogen-bond acceptors (Lipinski definition) is 9. The van der Waals surface area contributed by atoms with Gasteiger partial charge in [0.15, 0.2) is 6.29 Å². The Labute approximate surface area is 400 Å². The first-order valence-electron chi connectivity index (χ1n) is 28.3. The highest BCUT2D eigenvalue weighted by molar-refractivity contribution is 5.76. The van der Waals surface area contributed by atoms with E-state index in [1.807, 2.05) is 0 Å². The third-order valence-electron chi connectivity index (χ3n) is 14.1. The van der Waals surface area contributed by atoms with Crippen molar-refractivity contribution in [1.29, 1.82) is 0 Å². The molecule has 1 fully saturated rings. The minimum absolute atomic E-state index is 0.251. The summed E-state index contributed by atoms with van der Waals surface area (Å²) in [5.74, 6) is -0.251. The summed E-state index contributed by atoms with van der Waals surface area (Å²) >= 11 is 0. The lowest BCUT2D eigenvalue weighted by Gasteiger charge is -2.40. The standard InChI is InChI=1S/C55H109NO9/c1-3-5-7-9-11-13-15-17-18-19-20-21-22-23-24-25-26-27-28-29-30-32-34-36-38-40-42-44-50(59)56-47(46-64-55-54(63)53(62)52(61)49(45-57)65-55)51(60)48(58)43-41-39-37-35-33-31-16-14-12-10-8-6-4-2/h47-49,51-55,57-58,60-63H,3-46H2,1-2H3,(H,56,59)/t47-,48+,49+,51-,52+,53?,54?,55+/m0/s1. The fourth-order valence-corrected chi connectivity index (χ4v) is 9.50. The number of nitrogens with one attached hydrogen (secondary N) is 1. The molecule has 388 valence electrons. The molecule has 0 aromatic heterocycles. The monoisotopic (exact) mass is 928 g/mol. The Kier molecular flexibility index (Phi) is 43.6. The predicted octanol–water partition coefficient (Wildman–Crippen LogP) is 12.4. The Bertz CT molecular complexity index is 1000. The first-order chi connectivity index (χ1) is 31.8. The number of carbonyl (C=O) groups is 1. The number of aliphatic hydroxyl groups is 6. The lowest BCUT2D eigenvalue weighted by atomic mass is 9.98. The zero-order chi connectivity index (χ0) is 47.4. The van der Waals surface area contributed by atoms with Crippen LogP contribution in [0.1, 0.15) is 284 Å². The lowest BCUT2D eigenvalue weighted by Crippen LogP contribution is -2.60. The molecule has 65 heavy (non-hydrogen) atoms. The van der Waals surface area contributed by atoms with Gasteiger partial charge in [-0.3, -0.25) is 4.79 Å². The Morgan fingerprint density at radius 1 is 0.477 bits per heavy atom. The molecule has 1 saturated heterocycles. The molecule has 2 unspecified atom stereocenters. The van der Waals surface area contributed by atoms with Gasteiger partial charge in [-0.1, -0.05) is 264 Å². The van der Waals surface area contributed by atoms with E-state index in [0.717, 1.165) is 38.5 Å². The first-order valence-corrected chi connectivity index (χ1v) is 28.3. The molecule has 1 heterocycles. The van der Waals surface area contributed by atoms with Crippen LogP contribution in [0.2, 0.25) is 0 Å². The molecular formula is C55H109NO9. The molecule has 10 nitrogen and oxygen atoms in total. The average Bonchev–Trinajstić information content (AvgIpc) is 3.31. The maximum absolute atomic E-state index is 13.1. The normalized spacial score (nSPS) is 20.3. The second-order valence-electron chi connectivity index (χ2n) is 20.2. The second-order valence-corrected chi connectivity index (χ2v) is 20.2. The lowest BCUT2D eigenvalue weighted by molar-refractivity contribution is -0.303. The van der Waals surface area contributed by atoms with Gasteiger partial charge in [0, 0.05) is 6.42 Å². The molecule has 0 bridgehead atoms. The van der Waals surface area contributed by atoms with E-state index in [4.69, 9.17) is 9.47 Å². The number of ether oxygens (including phenoxy) is 2. The molecule has 1 amide bonds. The van der Waals surface area contributed by atoms with Crippen LogP contribution in [0.4, 0.5) is 0 Å². The summed E-state index contributed by atoms with van der Waals surface area (Å²) in [6.45, 7) is 3.64. The highest BCUT2D eigenvalue weighted by Gasteiger charge is 2.44. The van der Waals surface area contributed by atoms with E-state index in [0.29, 0.717) is 6.42 Å². The van der Waals surface area contributed by atoms with Crippen molar-refractivity contribution < 1.29 is 44.9 Å². The van der Waals surface area contributed by atoms with Crippen LogP contribution in [0, 0.1) is 0 Å². The quantitative estimate of drug-likeness (QED) is 0.0294. The van der Waals surface area contributed by atoms with Gasteiger partial charge >= 0.3 is 0 Å². The van der Waals surface area contributed by atoms with E-state index in [9.17, 15) is 35.4 Å². The number of unbranched alkanes of at least 4 members (excludes halogenated alkanes) is 38. The van der Waals surface area contributed by atoms with Crippen molar-refractivity contribution in [2.45, 2.75) is 332 Å². The minimum atomic E-state index is -1.60. The second kappa shape index (κ2) is 45.6. The van der Waals surface area contributed by atoms with Crippen molar-refractivity contribution in [1.82, 2.24) is 5.32 Å². The number of carbonyl (C=O) groups excluding carboxylic acids is 1. The third-order valence-corrected chi connectivity index (χ3v) is 14.1. The molecule has 0 aromatic rings. The van der Waals surface area contributed by atoms with Crippen molar-refractivity contribution in [2.75, 3.05) is 13.2 Å². The summed E-state index contributed by atoms with van der Waals surface area (Å²) in [4.78, 5) is 13.1. The molecule has 0 spiro atoms. The van der Waals surface area contributed by atoms with Gasteiger partial charge in [-0.2, -0.15) is 0 Å². The fourth-order valence-electron chi connectivity index (χ4n) is 9.50. The molecule has 10 heteroatoms. The largest absolute Gasteiger partial charge is 0.394 e. The van der Waals surface area contributed by atoms with Crippen LogP contribution in [-0.4, -0.2) is 98.7 Å². The number of aliphatic hydroxyl groups excluding tert-OH is 6. The molecule has 0 radical (unpaired) electrons. The predicted molar refractivity (Wildman–Crippen MR) is 269 cm³/mol. The maximum atomic E-state index is 13.1. The van der Waals surface area contributed by atoms with Gasteiger partial charge in [-0.15, -0.1) is 0 Å². The van der Waals surface area contributed by atoms with Gasteiger partial charge in [0.1, 0.15) is 30.5 Å². The van der Waals surface area contributed by atoms with Gasteiger partial charge in [-0.25, -0.2) is 0 Å². The van der Waals surface area contributed by atoms with Crippen molar-refractivity contribution in [3.63, 3.8) is 0 Å². The molecule has 0 aliphatic carbocycles. The smallest absolute Gasteiger partial charge is 0.220 e. The summed E-state index contributed by atoms with van der Waals surface area (Å²) in [7, 11) is 0. The maximum Gasteiger partial charge on any atom is 0.220 e. The van der Waals surface area contributed by atoms with E-state index in [2.05, 4.69) is 19.2 Å². The summed E-state index contributed by atoms with van der Waals surface area (Å²) < 4.78 is 11.2. The van der Waals surface area contributed by atoms with Crippen LogP contribution in [0.5, 0.6) is 0 Å². The molecule has 0 saturated carbocycles. The molecule has 0 aromatic carbocycles. The van der Waals surface area contributed by atoms with Crippen molar-refractivity contribution in [3.8, 4) is 0 Å². The molecule has 8 atom stereocenters. The van der Waals surface area contributed by atoms with Crippen LogP contribution in [0.25, 0.3) is 0 Å². The van der Waals surface area contributed by atoms with E-state index >= 15 is 0 Å². The summed E-state index contributed by atoms with van der Waals surface area (Å²) in [6, 6.07) is -0.985. The van der Waals surface area contributed by atoms with Crippen molar-refractivity contribution in [2.24, 2.45) is 0 Å². The van der Waals surface area contributed by atoms with Gasteiger partial charge in [0.2, 0.25) is 5.91 Å². The van der Waals surface area contributed by atoms with E-state index in [1.54, 1.807) is 0 Å². The van der Waals surface area contributed by atoms with E-state index in [-0.39, 0.29) is 18.9 Å². The summed E-state index contributed by atoms with van der Waals surface area (Å²) in [5.41, 5.74) is 0. The van der Waals surface area contributed by atoms with Crippen molar-refractivity contribution in [3.05, 3.63) is 0 Å². The van der Waals surface area contributed by atoms with Gasteiger partial charge in [0.25, 0.3) is 0 Å². The summed E-state index contributed by atoms with van der Waals surface area (Å²) in [6.07, 6.45) is 42.7. The SMILES string of the molecule is CCCCCCCCCCCCCCCCCCCCCCCCCCCCCC(=O)N[C@@H](CO[C@@H]1O[C@H](CO)[C@@H](O)C(O)C1O)[C@H](O)[C@H](O)CCCCCCCCCCCCCCC. The van der Waals surface area contributed by atoms with Crippen molar-refractivity contribution >= 4 is 5.91 Å². The average molecular weight is 928 g/mol. The first kappa shape index (κ1) is 62.2. The highest BCUT2D eigenvalue weighted by Crippen LogP contribution is 2.23. The molecule has 1 aliphatic heterocycles. The fraction of sp³-hybridized carbons (Fsp3) is 0.982. The molecule has 1 rings (SSSR count). The zero-order valence-corrected chi connectivity index (χ0v) is 42.6. The Morgan fingerprint density at radius 3 is 1.14 bits per heavy atom. The summed E-state index contributed by atoms with van der Waals surface area (Å²) in [5, 5.41) is 65.4. The number of rotatable bonds is 49. The number of hydrogen-bond donors (Lipinski definition) is 7. The molecule has 7 N–H and O–H groups in total. The Morgan fingerprint density at radius 2 is 0.800 bits per heavy atom. The van der Waals surface area contributed by atoms with Crippen LogP contribution >= 0.6 is 0 Å². The Hall–Kier alpha value is -0.850. The van der Waals surface area contributed by atoms with Crippen LogP contribution in [0.15, 0.2) is 0 Å². The van der Waals surface area contributed by atoms with Gasteiger partial charge in [-0.05, 0) is 12.8 Å². The van der Waals surface area contributed by atoms with Crippen LogP contribution in [-0.2, 0) is 14.3 Å². The van der Waals surface area contributed by atoms with Gasteiger partial charge in [0.05, 0.1) is 25.4 Å². The van der Waals surface area contributed by atoms with Crippen LogP contribution < -0.4 is 5.32 Å². The van der Waals surface area contributed by atoms with Gasteiger partial charge < -0.3 is 45.4 Å². The third kappa shape index (κ3) is 35.0. The van der Waals surface area contributed by atoms with E-state index < -0.39 is 55.6 Å². The minimum Gasteiger partial charge on any atom is -0.394 e. The topological polar surface area (TPSA) is 169 Å². The highest BCUT2D eigenvalue weighted by atomic mass is 16.7. The molecular weight excluding hydrogens is 819 g/mol. The van der Waals surface area contributed by atoms with E-state index in [1.165, 1.54) is 218 Å². The number of amides is 1. The zero-order valence-electron chi connectivity index (χ0n) is 42.6.